The molecule has 0 bridgehead atoms. The zero-order valence-electron chi connectivity index (χ0n) is 10.6. The van der Waals surface area contributed by atoms with E-state index in [1.54, 1.807) is 12.1 Å². The normalized spacial score (nSPS) is 10.9. The average molecular weight is 257 g/mol. The molecular formula is C15H12FNO2. The fourth-order valence-corrected chi connectivity index (χ4v) is 1.96. The van der Waals surface area contributed by atoms with Crippen LogP contribution in [0.2, 0.25) is 0 Å². The summed E-state index contributed by atoms with van der Waals surface area (Å²) in [4.78, 5) is 4.37. The van der Waals surface area contributed by atoms with Crippen LogP contribution in [0.3, 0.4) is 0 Å². The Hall–Kier alpha value is -2.36. The molecule has 19 heavy (non-hydrogen) atoms. The molecule has 3 nitrogen and oxygen atoms in total. The Balaban J connectivity index is 2.11. The second kappa shape index (κ2) is 4.39. The van der Waals surface area contributed by atoms with Crippen molar-refractivity contribution < 1.29 is 13.5 Å². The van der Waals surface area contributed by atoms with Crippen LogP contribution in [0.25, 0.3) is 22.6 Å². The lowest BCUT2D eigenvalue weighted by Gasteiger charge is -2.02. The van der Waals surface area contributed by atoms with Crippen molar-refractivity contribution >= 4 is 11.1 Å². The van der Waals surface area contributed by atoms with Gasteiger partial charge in [-0.05, 0) is 42.8 Å². The predicted molar refractivity (Wildman–Crippen MR) is 70.7 cm³/mol. The van der Waals surface area contributed by atoms with Crippen molar-refractivity contribution in [3.8, 4) is 17.2 Å². The lowest BCUT2D eigenvalue weighted by Crippen LogP contribution is -1.88. The summed E-state index contributed by atoms with van der Waals surface area (Å²) in [6.07, 6.45) is 0. The van der Waals surface area contributed by atoms with Crippen LogP contribution >= 0.6 is 0 Å². The molecule has 0 amide bonds. The Kier molecular flexibility index (Phi) is 2.71. The molecule has 0 saturated carbocycles. The minimum atomic E-state index is -0.432. The van der Waals surface area contributed by atoms with Crippen LogP contribution in [0, 0.1) is 12.7 Å². The van der Waals surface area contributed by atoms with Gasteiger partial charge in [0.15, 0.2) is 17.1 Å². The van der Waals surface area contributed by atoms with Crippen molar-refractivity contribution in [2.45, 2.75) is 6.92 Å². The van der Waals surface area contributed by atoms with Gasteiger partial charge in [0.05, 0.1) is 7.11 Å². The third-order valence-corrected chi connectivity index (χ3v) is 2.94. The third kappa shape index (κ3) is 2.05. The van der Waals surface area contributed by atoms with Crippen LogP contribution in [0.1, 0.15) is 5.56 Å². The quantitative estimate of drug-likeness (QED) is 0.697. The summed E-state index contributed by atoms with van der Waals surface area (Å²) >= 11 is 0. The topological polar surface area (TPSA) is 35.3 Å². The molecule has 3 rings (SSSR count). The minimum Gasteiger partial charge on any atom is -0.494 e. The first-order valence-corrected chi connectivity index (χ1v) is 5.88. The fourth-order valence-electron chi connectivity index (χ4n) is 1.96. The van der Waals surface area contributed by atoms with E-state index >= 15 is 0 Å². The van der Waals surface area contributed by atoms with E-state index in [1.165, 1.54) is 13.2 Å². The molecule has 0 spiro atoms. The average Bonchev–Trinajstić information content (AvgIpc) is 2.81. The molecule has 1 aromatic heterocycles. The number of benzene rings is 2. The highest BCUT2D eigenvalue weighted by molar-refractivity contribution is 5.76. The lowest BCUT2D eigenvalue weighted by atomic mass is 10.2. The van der Waals surface area contributed by atoms with Crippen molar-refractivity contribution in [2.24, 2.45) is 0 Å². The van der Waals surface area contributed by atoms with Crippen LogP contribution in [-0.2, 0) is 0 Å². The first-order valence-electron chi connectivity index (χ1n) is 5.88. The second-order valence-corrected chi connectivity index (χ2v) is 4.34. The monoisotopic (exact) mass is 257 g/mol. The molecule has 0 aliphatic carbocycles. The van der Waals surface area contributed by atoms with E-state index in [2.05, 4.69) is 4.98 Å². The van der Waals surface area contributed by atoms with Gasteiger partial charge < -0.3 is 9.15 Å². The maximum atomic E-state index is 13.7. The highest BCUT2D eigenvalue weighted by Gasteiger charge is 2.11. The molecular weight excluding hydrogens is 245 g/mol. The largest absolute Gasteiger partial charge is 0.494 e. The van der Waals surface area contributed by atoms with E-state index < -0.39 is 5.82 Å². The van der Waals surface area contributed by atoms with Crippen molar-refractivity contribution in [1.82, 2.24) is 4.98 Å². The molecule has 0 aliphatic rings. The summed E-state index contributed by atoms with van der Waals surface area (Å²) in [5.41, 5.74) is 3.16. The number of aryl methyl sites for hydroxylation is 1. The van der Waals surface area contributed by atoms with Crippen LogP contribution in [0.5, 0.6) is 5.75 Å². The molecule has 0 radical (unpaired) electrons. The summed E-state index contributed by atoms with van der Waals surface area (Å²) in [5, 5.41) is 0. The van der Waals surface area contributed by atoms with Gasteiger partial charge >= 0.3 is 0 Å². The van der Waals surface area contributed by atoms with Gasteiger partial charge in [-0.3, -0.25) is 0 Å². The number of rotatable bonds is 2. The highest BCUT2D eigenvalue weighted by Crippen LogP contribution is 2.28. The smallest absolute Gasteiger partial charge is 0.227 e. The molecule has 0 fully saturated rings. The molecule has 3 aromatic rings. The number of halogens is 1. The van der Waals surface area contributed by atoms with Gasteiger partial charge in [-0.25, -0.2) is 9.37 Å². The van der Waals surface area contributed by atoms with Crippen LogP contribution < -0.4 is 4.74 Å². The summed E-state index contributed by atoms with van der Waals surface area (Å²) in [6, 6.07) is 10.4. The Labute approximate surface area is 109 Å². The third-order valence-electron chi connectivity index (χ3n) is 2.94. The summed E-state index contributed by atoms with van der Waals surface area (Å²) in [6.45, 7) is 1.99. The Morgan fingerprint density at radius 2 is 2.00 bits per heavy atom. The predicted octanol–water partition coefficient (Wildman–Crippen LogP) is 3.95. The van der Waals surface area contributed by atoms with Crippen molar-refractivity contribution in [3.63, 3.8) is 0 Å². The van der Waals surface area contributed by atoms with Crippen LogP contribution in [-0.4, -0.2) is 12.1 Å². The highest BCUT2D eigenvalue weighted by atomic mass is 19.1. The maximum Gasteiger partial charge on any atom is 0.227 e. The van der Waals surface area contributed by atoms with Gasteiger partial charge in [0, 0.05) is 5.56 Å². The van der Waals surface area contributed by atoms with Crippen molar-refractivity contribution in [2.75, 3.05) is 7.11 Å². The Bertz CT molecular complexity index is 749. The SMILES string of the molecule is COc1ccc(-c2nc3cc(C)ccc3o2)cc1F. The molecule has 0 unspecified atom stereocenters. The number of methoxy groups -OCH3 is 1. The number of oxazole rings is 1. The second-order valence-electron chi connectivity index (χ2n) is 4.34. The summed E-state index contributed by atoms with van der Waals surface area (Å²) < 4.78 is 24.2. The fraction of sp³-hybridized carbons (Fsp3) is 0.133. The van der Waals surface area contributed by atoms with Gasteiger partial charge in [0.1, 0.15) is 5.52 Å². The number of ether oxygens (including phenoxy) is 1. The van der Waals surface area contributed by atoms with Gasteiger partial charge in [0.2, 0.25) is 5.89 Å². The molecule has 2 aromatic carbocycles. The molecule has 96 valence electrons. The Morgan fingerprint density at radius 1 is 1.16 bits per heavy atom. The number of nitrogens with zero attached hydrogens (tertiary/aromatic N) is 1. The number of fused-ring (bicyclic) bond motifs is 1. The van der Waals surface area contributed by atoms with Gasteiger partial charge in [-0.15, -0.1) is 0 Å². The molecule has 0 N–H and O–H groups in total. The lowest BCUT2D eigenvalue weighted by molar-refractivity contribution is 0.386. The minimum absolute atomic E-state index is 0.204. The van der Waals surface area contributed by atoms with Gasteiger partial charge in [-0.2, -0.15) is 0 Å². The standard InChI is InChI=1S/C15H12FNO2/c1-9-3-5-14-12(7-9)17-15(19-14)10-4-6-13(18-2)11(16)8-10/h3-8H,1-2H3. The summed E-state index contributed by atoms with van der Waals surface area (Å²) in [5.74, 6) is 0.177. The maximum absolute atomic E-state index is 13.7. The number of hydrogen-bond donors (Lipinski definition) is 0. The first kappa shape index (κ1) is 11.7. The van der Waals surface area contributed by atoms with Gasteiger partial charge in [-0.1, -0.05) is 6.07 Å². The van der Waals surface area contributed by atoms with E-state index in [1.807, 2.05) is 25.1 Å². The van der Waals surface area contributed by atoms with Crippen molar-refractivity contribution in [1.29, 1.82) is 0 Å². The van der Waals surface area contributed by atoms with Crippen molar-refractivity contribution in [3.05, 3.63) is 47.8 Å². The molecule has 4 heteroatoms. The number of hydrogen-bond acceptors (Lipinski definition) is 3. The van der Waals surface area contributed by atoms with E-state index in [0.29, 0.717) is 17.0 Å². The van der Waals surface area contributed by atoms with Gasteiger partial charge in [0.25, 0.3) is 0 Å². The van der Waals surface area contributed by atoms with E-state index in [4.69, 9.17) is 9.15 Å². The zero-order chi connectivity index (χ0) is 13.4. The molecule has 0 saturated heterocycles. The van der Waals surface area contributed by atoms with Crippen LogP contribution in [0.15, 0.2) is 40.8 Å². The van der Waals surface area contributed by atoms with Crippen LogP contribution in [0.4, 0.5) is 4.39 Å². The zero-order valence-corrected chi connectivity index (χ0v) is 10.6. The van der Waals surface area contributed by atoms with E-state index in [0.717, 1.165) is 11.1 Å². The van der Waals surface area contributed by atoms with E-state index in [-0.39, 0.29) is 5.75 Å². The molecule has 0 aliphatic heterocycles. The number of aromatic nitrogens is 1. The Morgan fingerprint density at radius 3 is 2.74 bits per heavy atom. The molecule has 1 heterocycles. The molecule has 0 atom stereocenters. The summed E-state index contributed by atoms with van der Waals surface area (Å²) in [7, 11) is 1.43. The first-order chi connectivity index (χ1) is 9.17. The van der Waals surface area contributed by atoms with E-state index in [9.17, 15) is 4.39 Å².